The summed E-state index contributed by atoms with van der Waals surface area (Å²) in [5.74, 6) is 2.79. The number of amides is 1. The molecule has 0 aliphatic heterocycles. The number of nitrogens with one attached hydrogen (secondary N) is 3. The first-order valence-electron chi connectivity index (χ1n) is 8.94. The zero-order chi connectivity index (χ0) is 20.6. The van der Waals surface area contributed by atoms with Crippen molar-refractivity contribution in [3.05, 3.63) is 65.1 Å². The van der Waals surface area contributed by atoms with Crippen LogP contribution < -0.4 is 20.7 Å². The third-order valence-electron chi connectivity index (χ3n) is 3.88. The summed E-state index contributed by atoms with van der Waals surface area (Å²) >= 11 is 5.97. The van der Waals surface area contributed by atoms with Crippen LogP contribution in [0.2, 0.25) is 5.02 Å². The molecular weight excluding hydrogens is 392 g/mol. The van der Waals surface area contributed by atoms with Gasteiger partial charge in [0.05, 0.1) is 12.7 Å². The van der Waals surface area contributed by atoms with Crippen LogP contribution in [0.5, 0.6) is 5.75 Å². The fraction of sp³-hybridized carbons (Fsp3) is 0.200. The van der Waals surface area contributed by atoms with E-state index in [0.717, 1.165) is 0 Å². The Hall–Kier alpha value is -3.39. The van der Waals surface area contributed by atoms with Gasteiger partial charge in [0, 0.05) is 30.4 Å². The van der Waals surface area contributed by atoms with Gasteiger partial charge in [-0.25, -0.2) is 15.0 Å². The summed E-state index contributed by atoms with van der Waals surface area (Å²) in [7, 11) is 1.51. The summed E-state index contributed by atoms with van der Waals surface area (Å²) in [6.07, 6.45) is 1.70. The summed E-state index contributed by atoms with van der Waals surface area (Å²) in [5, 5.41) is 9.61. The molecule has 1 aromatic carbocycles. The molecular formula is C20H21ClN6O2. The number of methoxy groups -OCH3 is 1. The second kappa shape index (κ2) is 9.70. The molecule has 0 atom stereocenters. The average Bonchev–Trinajstić information content (AvgIpc) is 2.71. The average molecular weight is 413 g/mol. The number of ether oxygens (including phenoxy) is 1. The Kier molecular flexibility index (Phi) is 6.80. The van der Waals surface area contributed by atoms with Crippen LogP contribution in [-0.2, 0) is 0 Å². The molecule has 3 aromatic rings. The zero-order valence-electron chi connectivity index (χ0n) is 16.1. The minimum Gasteiger partial charge on any atom is -0.496 e. The molecule has 2 heterocycles. The van der Waals surface area contributed by atoms with Gasteiger partial charge < -0.3 is 20.7 Å². The Morgan fingerprint density at radius 3 is 2.66 bits per heavy atom. The predicted octanol–water partition coefficient (Wildman–Crippen LogP) is 3.43. The summed E-state index contributed by atoms with van der Waals surface area (Å²) in [5.41, 5.74) is 0.389. The Bertz CT molecular complexity index is 984. The van der Waals surface area contributed by atoms with Crippen molar-refractivity contribution >= 4 is 35.0 Å². The molecule has 0 spiro atoms. The fourth-order valence-electron chi connectivity index (χ4n) is 2.61. The number of aromatic nitrogens is 3. The number of hydrogen-bond donors (Lipinski definition) is 3. The van der Waals surface area contributed by atoms with E-state index in [4.69, 9.17) is 16.3 Å². The maximum atomic E-state index is 12.4. The second-order valence-corrected chi connectivity index (χ2v) is 6.49. The van der Waals surface area contributed by atoms with E-state index in [9.17, 15) is 4.79 Å². The van der Waals surface area contributed by atoms with Gasteiger partial charge in [0.1, 0.15) is 29.0 Å². The highest BCUT2D eigenvalue weighted by Crippen LogP contribution is 2.22. The normalized spacial score (nSPS) is 10.3. The summed E-state index contributed by atoms with van der Waals surface area (Å²) in [4.78, 5) is 25.3. The molecule has 0 fully saturated rings. The summed E-state index contributed by atoms with van der Waals surface area (Å²) < 4.78 is 5.21. The molecule has 0 saturated carbocycles. The van der Waals surface area contributed by atoms with Crippen LogP contribution in [0.3, 0.4) is 0 Å². The van der Waals surface area contributed by atoms with Gasteiger partial charge >= 0.3 is 0 Å². The molecule has 1 amide bonds. The van der Waals surface area contributed by atoms with Gasteiger partial charge in [-0.05, 0) is 37.3 Å². The number of benzene rings is 1. The SMILES string of the molecule is COc1ccc(Cl)cc1C(=O)NCCNc1cc(Nc2ccccn2)nc(C)n1. The standard InChI is InChI=1S/C20H21ClN6O2/c1-13-25-18(12-19(26-13)27-17-5-3-4-8-22-17)23-9-10-24-20(28)15-11-14(21)6-7-16(15)29-2/h3-8,11-12H,9-10H2,1-2H3,(H,24,28)(H2,22,23,25,26,27). The molecule has 29 heavy (non-hydrogen) atoms. The first-order chi connectivity index (χ1) is 14.0. The monoisotopic (exact) mass is 412 g/mol. The minimum absolute atomic E-state index is 0.262. The van der Waals surface area contributed by atoms with Crippen LogP contribution >= 0.6 is 11.6 Å². The number of carbonyl (C=O) groups excluding carboxylic acids is 1. The van der Waals surface area contributed by atoms with E-state index < -0.39 is 0 Å². The molecule has 150 valence electrons. The number of halogens is 1. The van der Waals surface area contributed by atoms with E-state index in [1.165, 1.54) is 7.11 Å². The number of pyridine rings is 1. The number of nitrogens with zero attached hydrogens (tertiary/aromatic N) is 3. The highest BCUT2D eigenvalue weighted by Gasteiger charge is 2.12. The van der Waals surface area contributed by atoms with Crippen LogP contribution in [0.25, 0.3) is 0 Å². The molecule has 0 unspecified atom stereocenters. The third-order valence-corrected chi connectivity index (χ3v) is 4.12. The van der Waals surface area contributed by atoms with Gasteiger partial charge in [-0.3, -0.25) is 4.79 Å². The quantitative estimate of drug-likeness (QED) is 0.487. The van der Waals surface area contributed by atoms with Crippen molar-refractivity contribution in [2.75, 3.05) is 30.8 Å². The topological polar surface area (TPSA) is 101 Å². The van der Waals surface area contributed by atoms with Gasteiger partial charge in [-0.1, -0.05) is 17.7 Å². The van der Waals surface area contributed by atoms with Crippen LogP contribution in [0.4, 0.5) is 17.5 Å². The number of hydrogen-bond acceptors (Lipinski definition) is 7. The molecule has 0 aliphatic rings. The Labute approximate surface area is 173 Å². The number of anilines is 3. The summed E-state index contributed by atoms with van der Waals surface area (Å²) in [6.45, 7) is 2.68. The van der Waals surface area contributed by atoms with E-state index >= 15 is 0 Å². The maximum absolute atomic E-state index is 12.4. The van der Waals surface area contributed by atoms with Crippen molar-refractivity contribution in [2.45, 2.75) is 6.92 Å². The van der Waals surface area contributed by atoms with Crippen molar-refractivity contribution in [3.8, 4) is 5.75 Å². The molecule has 3 N–H and O–H groups in total. The van der Waals surface area contributed by atoms with Crippen molar-refractivity contribution in [1.82, 2.24) is 20.3 Å². The largest absolute Gasteiger partial charge is 0.496 e. The molecule has 0 radical (unpaired) electrons. The van der Waals surface area contributed by atoms with Crippen molar-refractivity contribution in [3.63, 3.8) is 0 Å². The highest BCUT2D eigenvalue weighted by molar-refractivity contribution is 6.31. The molecule has 2 aromatic heterocycles. The third kappa shape index (κ3) is 5.79. The predicted molar refractivity (Wildman–Crippen MR) is 113 cm³/mol. The second-order valence-electron chi connectivity index (χ2n) is 6.05. The lowest BCUT2D eigenvalue weighted by molar-refractivity contribution is 0.0952. The molecule has 0 saturated heterocycles. The number of carbonyl (C=O) groups is 1. The van der Waals surface area contributed by atoms with Crippen LogP contribution in [0, 0.1) is 6.92 Å². The molecule has 3 rings (SSSR count). The lowest BCUT2D eigenvalue weighted by Crippen LogP contribution is -2.29. The van der Waals surface area contributed by atoms with Gasteiger partial charge in [-0.15, -0.1) is 0 Å². The number of aryl methyl sites for hydroxylation is 1. The van der Waals surface area contributed by atoms with Crippen molar-refractivity contribution in [1.29, 1.82) is 0 Å². The van der Waals surface area contributed by atoms with Crippen molar-refractivity contribution in [2.24, 2.45) is 0 Å². The lowest BCUT2D eigenvalue weighted by atomic mass is 10.2. The molecule has 0 bridgehead atoms. The van der Waals surface area contributed by atoms with E-state index in [1.807, 2.05) is 25.1 Å². The highest BCUT2D eigenvalue weighted by atomic mass is 35.5. The zero-order valence-corrected chi connectivity index (χ0v) is 16.8. The first kappa shape index (κ1) is 20.3. The van der Waals surface area contributed by atoms with Crippen LogP contribution in [0.15, 0.2) is 48.7 Å². The van der Waals surface area contributed by atoms with Crippen molar-refractivity contribution < 1.29 is 9.53 Å². The fourth-order valence-corrected chi connectivity index (χ4v) is 2.78. The van der Waals surface area contributed by atoms with Gasteiger partial charge in [0.15, 0.2) is 0 Å². The smallest absolute Gasteiger partial charge is 0.255 e. The molecule has 0 aliphatic carbocycles. The molecule has 9 heteroatoms. The van der Waals surface area contributed by atoms with E-state index in [2.05, 4.69) is 30.9 Å². The maximum Gasteiger partial charge on any atom is 0.255 e. The number of rotatable bonds is 8. The van der Waals surface area contributed by atoms with E-state index in [0.29, 0.717) is 52.7 Å². The van der Waals surface area contributed by atoms with Gasteiger partial charge in [0.2, 0.25) is 0 Å². The van der Waals surface area contributed by atoms with Gasteiger partial charge in [0.25, 0.3) is 5.91 Å². The van der Waals surface area contributed by atoms with Crippen LogP contribution in [0.1, 0.15) is 16.2 Å². The molecule has 8 nitrogen and oxygen atoms in total. The minimum atomic E-state index is -0.262. The Morgan fingerprint density at radius 2 is 1.90 bits per heavy atom. The first-order valence-corrected chi connectivity index (χ1v) is 9.32. The van der Waals surface area contributed by atoms with Gasteiger partial charge in [-0.2, -0.15) is 0 Å². The van der Waals surface area contributed by atoms with E-state index in [-0.39, 0.29) is 5.91 Å². The van der Waals surface area contributed by atoms with Crippen LogP contribution in [-0.4, -0.2) is 41.1 Å². The Balaban J connectivity index is 1.55. The lowest BCUT2D eigenvalue weighted by Gasteiger charge is -2.12. The van der Waals surface area contributed by atoms with E-state index in [1.54, 1.807) is 30.5 Å². The summed E-state index contributed by atoms with van der Waals surface area (Å²) in [6, 6.07) is 12.3. The Morgan fingerprint density at radius 1 is 1.07 bits per heavy atom.